The van der Waals surface area contributed by atoms with E-state index in [1.807, 2.05) is 0 Å². The van der Waals surface area contributed by atoms with Gasteiger partial charge >= 0.3 is 5.97 Å². The van der Waals surface area contributed by atoms with Gasteiger partial charge in [-0.15, -0.1) is 0 Å². The summed E-state index contributed by atoms with van der Waals surface area (Å²) in [7, 11) is -0.850. The van der Waals surface area contributed by atoms with Crippen molar-refractivity contribution >= 4 is 21.7 Å². The van der Waals surface area contributed by atoms with Gasteiger partial charge in [-0.1, -0.05) is 6.07 Å². The Balaban J connectivity index is 1.75. The maximum atomic E-state index is 13.2. The highest BCUT2D eigenvalue weighted by Gasteiger charge is 2.21. The largest absolute Gasteiger partial charge is 0.497 e. The summed E-state index contributed by atoms with van der Waals surface area (Å²) < 4.78 is 50.1. The van der Waals surface area contributed by atoms with Gasteiger partial charge in [0.1, 0.15) is 17.3 Å². The number of anilines is 1. The van der Waals surface area contributed by atoms with E-state index in [1.165, 1.54) is 68.8 Å². The van der Waals surface area contributed by atoms with Crippen molar-refractivity contribution in [2.24, 2.45) is 0 Å². The van der Waals surface area contributed by atoms with Crippen LogP contribution in [0, 0.1) is 5.82 Å². The lowest BCUT2D eigenvalue weighted by Crippen LogP contribution is -2.26. The molecule has 0 aromatic heterocycles. The number of sulfonamides is 1. The Kier molecular flexibility index (Phi) is 5.84. The number of ether oxygens (including phenoxy) is 2. The summed E-state index contributed by atoms with van der Waals surface area (Å²) in [5.41, 5.74) is 0.458. The lowest BCUT2D eigenvalue weighted by molar-refractivity contribution is 0.0734. The van der Waals surface area contributed by atoms with Gasteiger partial charge < -0.3 is 9.47 Å². The number of hydrogen-bond acceptors (Lipinski definition) is 5. The summed E-state index contributed by atoms with van der Waals surface area (Å²) in [5.74, 6) is -0.494. The number of methoxy groups -OCH3 is 1. The van der Waals surface area contributed by atoms with Crippen LogP contribution in [-0.2, 0) is 10.0 Å². The van der Waals surface area contributed by atoms with Crippen LogP contribution in [0.4, 0.5) is 10.1 Å². The van der Waals surface area contributed by atoms with Gasteiger partial charge in [0.05, 0.1) is 23.3 Å². The molecule has 3 rings (SSSR count). The number of hydrogen-bond donors (Lipinski definition) is 0. The predicted octanol–water partition coefficient (Wildman–Crippen LogP) is 3.88. The number of rotatable bonds is 6. The Morgan fingerprint density at radius 3 is 2.14 bits per heavy atom. The first-order chi connectivity index (χ1) is 13.8. The molecule has 0 spiro atoms. The Morgan fingerprint density at radius 1 is 0.931 bits per heavy atom. The van der Waals surface area contributed by atoms with Crippen molar-refractivity contribution in [3.63, 3.8) is 0 Å². The first kappa shape index (κ1) is 20.3. The molecule has 0 unspecified atom stereocenters. The number of halogens is 1. The fraction of sp³-hybridized carbons (Fsp3) is 0.0952. The molecule has 0 aliphatic carbocycles. The van der Waals surface area contributed by atoms with Gasteiger partial charge in [-0.25, -0.2) is 17.6 Å². The van der Waals surface area contributed by atoms with Crippen molar-refractivity contribution in [2.45, 2.75) is 4.90 Å². The minimum Gasteiger partial charge on any atom is -0.497 e. The lowest BCUT2D eigenvalue weighted by Gasteiger charge is -2.20. The van der Waals surface area contributed by atoms with Crippen molar-refractivity contribution in [3.05, 3.63) is 84.2 Å². The monoisotopic (exact) mass is 415 g/mol. The van der Waals surface area contributed by atoms with Crippen LogP contribution >= 0.6 is 0 Å². The highest BCUT2D eigenvalue weighted by Crippen LogP contribution is 2.26. The zero-order valence-electron chi connectivity index (χ0n) is 15.7. The highest BCUT2D eigenvalue weighted by atomic mass is 32.2. The predicted molar refractivity (Wildman–Crippen MR) is 106 cm³/mol. The Labute approximate surface area is 168 Å². The number of carbonyl (C=O) groups is 1. The molecule has 3 aromatic rings. The third-order valence-corrected chi connectivity index (χ3v) is 5.99. The molecule has 150 valence electrons. The van der Waals surface area contributed by atoms with E-state index in [1.54, 1.807) is 12.1 Å². The van der Waals surface area contributed by atoms with Crippen LogP contribution < -0.4 is 13.8 Å². The molecule has 0 aliphatic heterocycles. The minimum atomic E-state index is -3.77. The number of nitrogens with zero attached hydrogens (tertiary/aromatic N) is 1. The quantitative estimate of drug-likeness (QED) is 0.451. The fourth-order valence-electron chi connectivity index (χ4n) is 2.55. The van der Waals surface area contributed by atoms with E-state index in [0.29, 0.717) is 11.4 Å². The molecular weight excluding hydrogens is 397 g/mol. The summed E-state index contributed by atoms with van der Waals surface area (Å²) in [6.45, 7) is 0. The Morgan fingerprint density at radius 2 is 1.55 bits per heavy atom. The molecule has 0 atom stereocenters. The zero-order chi connectivity index (χ0) is 21.0. The van der Waals surface area contributed by atoms with Gasteiger partial charge in [-0.05, 0) is 66.7 Å². The maximum absolute atomic E-state index is 13.2. The summed E-state index contributed by atoms with van der Waals surface area (Å²) >= 11 is 0. The molecule has 0 heterocycles. The topological polar surface area (TPSA) is 72.9 Å². The Bertz CT molecular complexity index is 1110. The summed E-state index contributed by atoms with van der Waals surface area (Å²) in [4.78, 5) is 12.2. The fourth-order valence-corrected chi connectivity index (χ4v) is 3.75. The molecule has 3 aromatic carbocycles. The van der Waals surface area contributed by atoms with E-state index in [-0.39, 0.29) is 16.2 Å². The molecule has 0 radical (unpaired) electrons. The van der Waals surface area contributed by atoms with Crippen molar-refractivity contribution in [1.82, 2.24) is 0 Å². The maximum Gasteiger partial charge on any atom is 0.343 e. The van der Waals surface area contributed by atoms with Gasteiger partial charge in [-0.3, -0.25) is 4.31 Å². The van der Waals surface area contributed by atoms with E-state index in [0.717, 1.165) is 10.4 Å². The second kappa shape index (κ2) is 8.32. The lowest BCUT2D eigenvalue weighted by atomic mass is 10.2. The third kappa shape index (κ3) is 4.55. The van der Waals surface area contributed by atoms with Crippen LogP contribution in [0.25, 0.3) is 0 Å². The minimum absolute atomic E-state index is 0.0771. The van der Waals surface area contributed by atoms with Crippen molar-refractivity contribution in [1.29, 1.82) is 0 Å². The van der Waals surface area contributed by atoms with E-state index < -0.39 is 21.8 Å². The van der Waals surface area contributed by atoms with E-state index >= 15 is 0 Å². The molecule has 0 fully saturated rings. The standard InChI is InChI=1S/C21H18FNO5S/c1-23(29(25,26)20-12-10-18(27-2)11-13-20)17-6-8-19(9-7-17)28-21(24)15-4-3-5-16(22)14-15/h3-14H,1-2H3. The highest BCUT2D eigenvalue weighted by molar-refractivity contribution is 7.92. The molecule has 0 amide bonds. The molecular formula is C21H18FNO5S. The molecule has 0 aliphatic rings. The summed E-state index contributed by atoms with van der Waals surface area (Å²) in [6, 6.07) is 17.1. The van der Waals surface area contributed by atoms with Crippen LogP contribution in [0.2, 0.25) is 0 Å². The second-order valence-electron chi connectivity index (χ2n) is 6.04. The molecule has 29 heavy (non-hydrogen) atoms. The third-order valence-electron chi connectivity index (χ3n) is 4.19. The average Bonchev–Trinajstić information content (AvgIpc) is 2.73. The van der Waals surface area contributed by atoms with Gasteiger partial charge in [0.2, 0.25) is 0 Å². The van der Waals surface area contributed by atoms with Gasteiger partial charge in [0.25, 0.3) is 10.0 Å². The van der Waals surface area contributed by atoms with Gasteiger partial charge in [0.15, 0.2) is 0 Å². The smallest absolute Gasteiger partial charge is 0.343 e. The molecule has 6 nitrogen and oxygen atoms in total. The summed E-state index contributed by atoms with van der Waals surface area (Å²) in [6.07, 6.45) is 0. The van der Waals surface area contributed by atoms with Crippen LogP contribution in [0.3, 0.4) is 0 Å². The average molecular weight is 415 g/mol. The van der Waals surface area contributed by atoms with Gasteiger partial charge in [-0.2, -0.15) is 0 Å². The molecule has 0 bridgehead atoms. The number of benzene rings is 3. The van der Waals surface area contributed by atoms with Gasteiger partial charge in [0, 0.05) is 7.05 Å². The molecule has 0 N–H and O–H groups in total. The van der Waals surface area contributed by atoms with Crippen molar-refractivity contribution in [2.75, 3.05) is 18.5 Å². The normalized spacial score (nSPS) is 11.0. The number of esters is 1. The number of carbonyl (C=O) groups excluding carboxylic acids is 1. The Hall–Kier alpha value is -3.39. The van der Waals surface area contributed by atoms with Crippen molar-refractivity contribution in [3.8, 4) is 11.5 Å². The first-order valence-corrected chi connectivity index (χ1v) is 9.96. The summed E-state index contributed by atoms with van der Waals surface area (Å²) in [5, 5.41) is 0. The van der Waals surface area contributed by atoms with Crippen LogP contribution in [0.5, 0.6) is 11.5 Å². The van der Waals surface area contributed by atoms with Crippen LogP contribution in [0.1, 0.15) is 10.4 Å². The molecule has 8 heteroatoms. The van der Waals surface area contributed by atoms with Crippen LogP contribution in [-0.4, -0.2) is 28.5 Å². The van der Waals surface area contributed by atoms with Crippen molar-refractivity contribution < 1.29 is 27.1 Å². The zero-order valence-corrected chi connectivity index (χ0v) is 16.5. The SMILES string of the molecule is COc1ccc(S(=O)(=O)N(C)c2ccc(OC(=O)c3cccc(F)c3)cc2)cc1. The first-order valence-electron chi connectivity index (χ1n) is 8.52. The van der Waals surface area contributed by atoms with E-state index in [4.69, 9.17) is 9.47 Å². The van der Waals surface area contributed by atoms with Crippen LogP contribution in [0.15, 0.2) is 77.7 Å². The molecule has 0 saturated heterocycles. The second-order valence-corrected chi connectivity index (χ2v) is 8.01. The molecule has 0 saturated carbocycles. The van der Waals surface area contributed by atoms with E-state index in [9.17, 15) is 17.6 Å². The van der Waals surface area contributed by atoms with E-state index in [2.05, 4.69) is 0 Å².